The molecule has 2 aromatic carbocycles. The van der Waals surface area contributed by atoms with E-state index in [-0.39, 0.29) is 22.5 Å². The van der Waals surface area contributed by atoms with Crippen molar-refractivity contribution in [2.75, 3.05) is 13.1 Å². The number of benzene rings is 2. The molecule has 4 nitrogen and oxygen atoms in total. The molecular weight excluding hydrogens is 360 g/mol. The second-order valence-electron chi connectivity index (χ2n) is 6.87. The molecule has 1 aliphatic heterocycles. The van der Waals surface area contributed by atoms with Crippen LogP contribution in [-0.4, -0.2) is 29.8 Å². The van der Waals surface area contributed by atoms with Gasteiger partial charge in [-0.25, -0.2) is 0 Å². The van der Waals surface area contributed by atoms with Crippen molar-refractivity contribution < 1.29 is 9.59 Å². The van der Waals surface area contributed by atoms with E-state index in [0.29, 0.717) is 30.1 Å². The molecule has 2 amide bonds. The zero-order valence-electron chi connectivity index (χ0n) is 15.3. The molecule has 5 heteroatoms. The molecule has 1 atom stereocenters. The second-order valence-corrected chi connectivity index (χ2v) is 7.25. The Morgan fingerprint density at radius 1 is 1.00 bits per heavy atom. The lowest BCUT2D eigenvalue weighted by Crippen LogP contribution is -2.43. The molecule has 27 heavy (non-hydrogen) atoms. The van der Waals surface area contributed by atoms with Crippen molar-refractivity contribution in [3.8, 4) is 0 Å². The van der Waals surface area contributed by atoms with Crippen LogP contribution in [0.1, 0.15) is 35.7 Å². The van der Waals surface area contributed by atoms with E-state index in [0.717, 1.165) is 12.8 Å². The lowest BCUT2D eigenvalue weighted by atomic mass is 10.00. The topological polar surface area (TPSA) is 49.4 Å². The Morgan fingerprint density at radius 3 is 2.19 bits per heavy atom. The van der Waals surface area contributed by atoms with Crippen LogP contribution < -0.4 is 5.32 Å². The van der Waals surface area contributed by atoms with E-state index in [1.807, 2.05) is 36.4 Å². The molecule has 2 aromatic rings. The quantitative estimate of drug-likeness (QED) is 0.802. The summed E-state index contributed by atoms with van der Waals surface area (Å²) in [6.45, 7) is 3.47. The van der Waals surface area contributed by atoms with Gasteiger partial charge in [-0.3, -0.25) is 9.59 Å². The molecule has 1 heterocycles. The summed E-state index contributed by atoms with van der Waals surface area (Å²) in [6.07, 6.45) is 2.06. The van der Waals surface area contributed by atoms with E-state index < -0.39 is 0 Å². The summed E-state index contributed by atoms with van der Waals surface area (Å²) < 4.78 is 0. The van der Waals surface area contributed by atoms with E-state index in [2.05, 4.69) is 12.2 Å². The van der Waals surface area contributed by atoms with Gasteiger partial charge in [-0.15, -0.1) is 0 Å². The van der Waals surface area contributed by atoms with E-state index >= 15 is 0 Å². The molecule has 3 rings (SSSR count). The third-order valence-electron chi connectivity index (χ3n) is 4.68. The van der Waals surface area contributed by atoms with Crippen molar-refractivity contribution in [1.29, 1.82) is 0 Å². The molecule has 0 aromatic heterocycles. The molecule has 0 saturated carbocycles. The normalized spacial score (nSPS) is 17.9. The number of nitrogens with zero attached hydrogens (tertiary/aromatic N) is 1. The van der Waals surface area contributed by atoms with E-state index in [4.69, 9.17) is 11.6 Å². The third-order valence-corrected chi connectivity index (χ3v) is 5.09. The first-order valence-electron chi connectivity index (χ1n) is 9.17. The number of rotatable bonds is 4. The number of likely N-dealkylation sites (tertiary alicyclic amines) is 1. The minimum absolute atomic E-state index is 0.130. The summed E-state index contributed by atoms with van der Waals surface area (Å²) in [4.78, 5) is 27.6. The van der Waals surface area contributed by atoms with Crippen molar-refractivity contribution in [3.63, 3.8) is 0 Å². The van der Waals surface area contributed by atoms with Gasteiger partial charge in [0.15, 0.2) is 0 Å². The molecule has 0 spiro atoms. The Balaban J connectivity index is 1.93. The van der Waals surface area contributed by atoms with Gasteiger partial charge in [-0.05, 0) is 36.5 Å². The maximum atomic E-state index is 13.2. The van der Waals surface area contributed by atoms with Crippen LogP contribution in [0.2, 0.25) is 0 Å². The van der Waals surface area contributed by atoms with Crippen LogP contribution in [0.25, 0.3) is 5.03 Å². The Bertz CT molecular complexity index is 834. The van der Waals surface area contributed by atoms with Crippen molar-refractivity contribution in [2.45, 2.75) is 19.8 Å². The largest absolute Gasteiger partial charge is 0.337 e. The summed E-state index contributed by atoms with van der Waals surface area (Å²) >= 11 is 6.57. The molecule has 1 aliphatic rings. The summed E-state index contributed by atoms with van der Waals surface area (Å²) in [7, 11) is 0. The minimum Gasteiger partial charge on any atom is -0.337 e. The fraction of sp³-hybridized carbons (Fsp3) is 0.273. The molecule has 1 N–H and O–H groups in total. The van der Waals surface area contributed by atoms with E-state index in [1.54, 1.807) is 29.2 Å². The second kappa shape index (κ2) is 8.87. The highest BCUT2D eigenvalue weighted by molar-refractivity contribution is 6.51. The highest BCUT2D eigenvalue weighted by atomic mass is 35.5. The lowest BCUT2D eigenvalue weighted by Gasteiger charge is -2.32. The summed E-state index contributed by atoms with van der Waals surface area (Å²) in [5.41, 5.74) is 1.30. The number of carbonyl (C=O) groups is 2. The van der Waals surface area contributed by atoms with Gasteiger partial charge in [0.25, 0.3) is 11.8 Å². The van der Waals surface area contributed by atoms with Gasteiger partial charge in [0, 0.05) is 18.7 Å². The first-order valence-corrected chi connectivity index (χ1v) is 9.55. The Kier molecular flexibility index (Phi) is 6.30. The highest BCUT2D eigenvalue weighted by Gasteiger charge is 2.27. The fourth-order valence-corrected chi connectivity index (χ4v) is 3.49. The van der Waals surface area contributed by atoms with Crippen LogP contribution in [-0.2, 0) is 4.79 Å². The lowest BCUT2D eigenvalue weighted by molar-refractivity contribution is -0.129. The average molecular weight is 383 g/mol. The number of halogens is 1. The summed E-state index contributed by atoms with van der Waals surface area (Å²) in [5.74, 6) is -0.151. The number of hydrogen-bond acceptors (Lipinski definition) is 2. The van der Waals surface area contributed by atoms with Crippen LogP contribution >= 0.6 is 11.6 Å². The standard InChI is InChI=1S/C22H23ClN2O2/c1-16-9-8-14-25(15-16)22(27)20(19(23)17-10-4-2-5-11-17)24-21(26)18-12-6-3-7-13-18/h2-7,10-13,16H,8-9,14-15H2,1H3,(H,24,26)/b20-19-. The van der Waals surface area contributed by atoms with Crippen LogP contribution in [0.5, 0.6) is 0 Å². The number of piperidine rings is 1. The molecule has 0 aliphatic carbocycles. The SMILES string of the molecule is CC1CCCN(C(=O)/C(NC(=O)c2ccccc2)=C(/Cl)c2ccccc2)C1. The molecular formula is C22H23ClN2O2. The van der Waals surface area contributed by atoms with E-state index in [1.165, 1.54) is 0 Å². The fourth-order valence-electron chi connectivity index (χ4n) is 3.24. The molecule has 1 fully saturated rings. The van der Waals surface area contributed by atoms with Gasteiger partial charge < -0.3 is 10.2 Å². The number of amides is 2. The van der Waals surface area contributed by atoms with Crippen LogP contribution in [0.3, 0.4) is 0 Å². The molecule has 140 valence electrons. The van der Waals surface area contributed by atoms with E-state index in [9.17, 15) is 9.59 Å². The zero-order valence-corrected chi connectivity index (χ0v) is 16.1. The van der Waals surface area contributed by atoms with Crippen LogP contribution in [0.4, 0.5) is 0 Å². The average Bonchev–Trinajstić information content (AvgIpc) is 2.72. The first kappa shape index (κ1) is 19.2. The van der Waals surface area contributed by atoms with Crippen molar-refractivity contribution in [3.05, 3.63) is 77.5 Å². The summed E-state index contributed by atoms with van der Waals surface area (Å²) in [5, 5.41) is 3.01. The highest BCUT2D eigenvalue weighted by Crippen LogP contribution is 2.25. The van der Waals surface area contributed by atoms with Crippen molar-refractivity contribution >= 4 is 28.4 Å². The Labute approximate surface area is 164 Å². The summed E-state index contributed by atoms with van der Waals surface area (Å²) in [6, 6.07) is 18.0. The van der Waals surface area contributed by atoms with Gasteiger partial charge in [-0.1, -0.05) is 67.1 Å². The van der Waals surface area contributed by atoms with Gasteiger partial charge in [0.2, 0.25) is 0 Å². The maximum Gasteiger partial charge on any atom is 0.271 e. The zero-order chi connectivity index (χ0) is 19.2. The molecule has 1 unspecified atom stereocenters. The Hall–Kier alpha value is -2.59. The first-order chi connectivity index (χ1) is 13.1. The molecule has 0 radical (unpaired) electrons. The van der Waals surface area contributed by atoms with Gasteiger partial charge >= 0.3 is 0 Å². The van der Waals surface area contributed by atoms with Crippen molar-refractivity contribution in [2.24, 2.45) is 5.92 Å². The van der Waals surface area contributed by atoms with Gasteiger partial charge in [0.05, 0.1) is 5.03 Å². The third kappa shape index (κ3) is 4.77. The Morgan fingerprint density at radius 2 is 1.59 bits per heavy atom. The number of nitrogens with one attached hydrogen (secondary N) is 1. The van der Waals surface area contributed by atoms with Crippen LogP contribution in [0.15, 0.2) is 66.4 Å². The van der Waals surface area contributed by atoms with Gasteiger partial charge in [-0.2, -0.15) is 0 Å². The monoisotopic (exact) mass is 382 g/mol. The number of carbonyl (C=O) groups excluding carboxylic acids is 2. The van der Waals surface area contributed by atoms with Gasteiger partial charge in [0.1, 0.15) is 5.70 Å². The minimum atomic E-state index is -0.349. The molecule has 1 saturated heterocycles. The van der Waals surface area contributed by atoms with Crippen molar-refractivity contribution in [1.82, 2.24) is 10.2 Å². The molecule has 0 bridgehead atoms. The predicted molar refractivity (Wildman–Crippen MR) is 108 cm³/mol. The van der Waals surface area contributed by atoms with Crippen LogP contribution in [0, 0.1) is 5.92 Å². The maximum absolute atomic E-state index is 13.2. The smallest absolute Gasteiger partial charge is 0.271 e. The predicted octanol–water partition coefficient (Wildman–Crippen LogP) is 4.28. The number of hydrogen-bond donors (Lipinski definition) is 1.